The van der Waals surface area contributed by atoms with Gasteiger partial charge in [0.2, 0.25) is 0 Å². The summed E-state index contributed by atoms with van der Waals surface area (Å²) in [4.78, 5) is 17.0. The topological polar surface area (TPSA) is 111 Å². The van der Waals surface area contributed by atoms with Crippen LogP contribution in [0.5, 0.6) is 5.75 Å². The number of hydrogen-bond donors (Lipinski definition) is 2. The summed E-state index contributed by atoms with van der Waals surface area (Å²) in [5, 5.41) is 7.07. The maximum atomic E-state index is 13.5. The molecule has 1 atom stereocenters. The summed E-state index contributed by atoms with van der Waals surface area (Å²) in [7, 11) is -2.10. The van der Waals surface area contributed by atoms with E-state index in [1.165, 1.54) is 48.8 Å². The number of carbonyl (C=O) groups excluding carboxylic acids is 1. The summed E-state index contributed by atoms with van der Waals surface area (Å²) in [6.45, 7) is 3.67. The number of sulfone groups is 1. The van der Waals surface area contributed by atoms with E-state index in [1.807, 2.05) is 13.8 Å². The highest BCUT2D eigenvalue weighted by atomic mass is 32.2. The van der Waals surface area contributed by atoms with Crippen molar-refractivity contribution in [3.63, 3.8) is 0 Å². The Morgan fingerprint density at radius 1 is 1.20 bits per heavy atom. The lowest BCUT2D eigenvalue weighted by Crippen LogP contribution is -2.21. The van der Waals surface area contributed by atoms with Crippen LogP contribution in [-0.4, -0.2) is 38.7 Å². The third kappa shape index (κ3) is 5.15. The fourth-order valence-corrected chi connectivity index (χ4v) is 5.62. The Kier molecular flexibility index (Phi) is 6.82. The molecular formula is C24H24FN3O5S2. The molecule has 0 saturated carbocycles. The van der Waals surface area contributed by atoms with E-state index in [-0.39, 0.29) is 17.4 Å². The number of furan rings is 1. The highest BCUT2D eigenvalue weighted by molar-refractivity contribution is 7.91. The van der Waals surface area contributed by atoms with Gasteiger partial charge in [0.15, 0.2) is 15.2 Å². The summed E-state index contributed by atoms with van der Waals surface area (Å²) >= 11 is 1.21. The lowest BCUT2D eigenvalue weighted by molar-refractivity contribution is 0.0964. The molecule has 0 radical (unpaired) electrons. The average Bonchev–Trinajstić information content (AvgIpc) is 3.44. The van der Waals surface area contributed by atoms with Gasteiger partial charge in [0.1, 0.15) is 27.9 Å². The number of ether oxygens (including phenoxy) is 1. The molecule has 4 aromatic rings. The Labute approximate surface area is 206 Å². The minimum atomic E-state index is -3.60. The Morgan fingerprint density at radius 3 is 2.49 bits per heavy atom. The third-order valence-electron chi connectivity index (χ3n) is 5.10. The molecule has 2 N–H and O–H groups in total. The Hall–Kier alpha value is -3.44. The molecule has 11 heteroatoms. The molecule has 0 fully saturated rings. The lowest BCUT2D eigenvalue weighted by Gasteiger charge is -2.20. The molecule has 1 unspecified atom stereocenters. The Morgan fingerprint density at radius 2 is 1.91 bits per heavy atom. The number of aromatic nitrogens is 1. The van der Waals surface area contributed by atoms with E-state index in [0.717, 1.165) is 6.26 Å². The first-order chi connectivity index (χ1) is 16.6. The molecule has 0 saturated heterocycles. The van der Waals surface area contributed by atoms with Crippen molar-refractivity contribution in [2.75, 3.05) is 18.6 Å². The molecular weight excluding hydrogens is 493 g/mol. The van der Waals surface area contributed by atoms with Crippen molar-refractivity contribution >= 4 is 43.7 Å². The van der Waals surface area contributed by atoms with Gasteiger partial charge in [-0.05, 0) is 44.2 Å². The van der Waals surface area contributed by atoms with Crippen LogP contribution in [0.15, 0.2) is 52.4 Å². The number of nitrogens with zero attached hydrogens (tertiary/aromatic N) is 1. The number of anilines is 1. The number of hydrogen-bond acceptors (Lipinski definition) is 8. The molecule has 0 aliphatic carbocycles. The molecule has 35 heavy (non-hydrogen) atoms. The number of fused-ring (bicyclic) bond motifs is 1. The maximum absolute atomic E-state index is 13.5. The second-order valence-corrected chi connectivity index (χ2v) is 11.2. The second-order valence-electron chi connectivity index (χ2n) is 8.13. The van der Waals surface area contributed by atoms with Crippen molar-refractivity contribution in [1.29, 1.82) is 0 Å². The molecule has 0 bridgehead atoms. The third-order valence-corrected chi connectivity index (χ3v) is 7.29. The molecule has 4 rings (SSSR count). The fourth-order valence-electron chi connectivity index (χ4n) is 3.60. The predicted octanol–water partition coefficient (Wildman–Crippen LogP) is 5.00. The molecule has 184 valence electrons. The summed E-state index contributed by atoms with van der Waals surface area (Å²) in [5.41, 5.74) is 1.46. The van der Waals surface area contributed by atoms with Crippen molar-refractivity contribution in [1.82, 2.24) is 10.3 Å². The lowest BCUT2D eigenvalue weighted by atomic mass is 10.0. The van der Waals surface area contributed by atoms with Crippen LogP contribution < -0.4 is 15.4 Å². The Balaban J connectivity index is 1.93. The summed E-state index contributed by atoms with van der Waals surface area (Å²) < 4.78 is 50.7. The monoisotopic (exact) mass is 517 g/mol. The predicted molar refractivity (Wildman–Crippen MR) is 134 cm³/mol. The number of thiazole rings is 1. The van der Waals surface area contributed by atoms with Crippen molar-refractivity contribution < 1.29 is 26.8 Å². The van der Waals surface area contributed by atoms with Gasteiger partial charge in [-0.1, -0.05) is 0 Å². The zero-order valence-electron chi connectivity index (χ0n) is 19.5. The van der Waals surface area contributed by atoms with Crippen LogP contribution in [0.3, 0.4) is 0 Å². The molecule has 2 heterocycles. The molecule has 0 aliphatic rings. The minimum absolute atomic E-state index is 0.239. The summed E-state index contributed by atoms with van der Waals surface area (Å²) in [6, 6.07) is 8.83. The first kappa shape index (κ1) is 24.7. The number of rotatable bonds is 8. The van der Waals surface area contributed by atoms with Crippen LogP contribution in [0, 0.1) is 5.82 Å². The van der Waals surface area contributed by atoms with Crippen molar-refractivity contribution in [2.45, 2.75) is 25.3 Å². The van der Waals surface area contributed by atoms with Gasteiger partial charge in [-0.15, -0.1) is 11.3 Å². The van der Waals surface area contributed by atoms with Crippen molar-refractivity contribution in [3.05, 3.63) is 64.4 Å². The highest BCUT2D eigenvalue weighted by Gasteiger charge is 2.29. The zero-order chi connectivity index (χ0) is 25.3. The van der Waals surface area contributed by atoms with Crippen LogP contribution in [0.25, 0.3) is 22.3 Å². The molecule has 2 aromatic carbocycles. The van der Waals surface area contributed by atoms with Gasteiger partial charge in [-0.25, -0.2) is 17.8 Å². The van der Waals surface area contributed by atoms with E-state index in [2.05, 4.69) is 15.6 Å². The van der Waals surface area contributed by atoms with E-state index >= 15 is 0 Å². The van der Waals surface area contributed by atoms with Crippen molar-refractivity contribution in [2.24, 2.45) is 0 Å². The second kappa shape index (κ2) is 9.67. The minimum Gasteiger partial charge on any atom is -0.489 e. The molecule has 0 spiro atoms. The van der Waals surface area contributed by atoms with E-state index in [9.17, 15) is 17.6 Å². The quantitative estimate of drug-likeness (QED) is 0.338. The number of halogens is 1. The van der Waals surface area contributed by atoms with Crippen molar-refractivity contribution in [3.8, 4) is 17.1 Å². The fraction of sp³-hybridized carbons (Fsp3) is 0.250. The van der Waals surface area contributed by atoms with Gasteiger partial charge in [-0.3, -0.25) is 4.79 Å². The molecule has 1 amide bonds. The summed E-state index contributed by atoms with van der Waals surface area (Å²) in [5.74, 6) is -0.212. The van der Waals surface area contributed by atoms with Crippen LogP contribution in [0.4, 0.5) is 10.1 Å². The van der Waals surface area contributed by atoms with Gasteiger partial charge in [-0.2, -0.15) is 0 Å². The van der Waals surface area contributed by atoms with Gasteiger partial charge >= 0.3 is 0 Å². The molecule has 2 aromatic heterocycles. The van der Waals surface area contributed by atoms with Crippen LogP contribution in [0.1, 0.15) is 34.6 Å². The molecule has 8 nitrogen and oxygen atoms in total. The first-order valence-corrected chi connectivity index (χ1v) is 13.5. The van der Waals surface area contributed by atoms with E-state index in [0.29, 0.717) is 33.0 Å². The van der Waals surface area contributed by atoms with Crippen LogP contribution >= 0.6 is 11.3 Å². The zero-order valence-corrected chi connectivity index (χ0v) is 21.1. The number of carbonyl (C=O) groups is 1. The highest BCUT2D eigenvalue weighted by Crippen LogP contribution is 2.41. The van der Waals surface area contributed by atoms with E-state index in [4.69, 9.17) is 9.15 Å². The largest absolute Gasteiger partial charge is 0.489 e. The maximum Gasteiger partial charge on any atom is 0.255 e. The van der Waals surface area contributed by atoms with Gasteiger partial charge in [0.05, 0.1) is 17.4 Å². The Bertz CT molecular complexity index is 1460. The average molecular weight is 518 g/mol. The SMILES string of the molecule is CNC(=O)c1c(-c2ccc(F)cc2)oc2cc(NC(c3nccs3)S(C)(=O)=O)c(OC(C)C)cc12. The smallest absolute Gasteiger partial charge is 0.255 e. The van der Waals surface area contributed by atoms with E-state index in [1.54, 1.807) is 17.5 Å². The van der Waals surface area contributed by atoms with Gasteiger partial charge < -0.3 is 19.8 Å². The first-order valence-electron chi connectivity index (χ1n) is 10.7. The summed E-state index contributed by atoms with van der Waals surface area (Å²) in [6.07, 6.45) is 2.42. The number of amides is 1. The normalized spacial score (nSPS) is 12.6. The van der Waals surface area contributed by atoms with Gasteiger partial charge in [0, 0.05) is 41.9 Å². The molecule has 0 aliphatic heterocycles. The standard InChI is InChI=1S/C24H24FN3O5S2/c1-13(2)32-19-11-16-18(12-17(19)28-24(35(4,30)31)23-27-9-10-34-23)33-21(20(16)22(29)26-3)14-5-7-15(25)8-6-14/h5-13,24,28H,1-4H3,(H,26,29). The van der Waals surface area contributed by atoms with Crippen LogP contribution in [0.2, 0.25) is 0 Å². The van der Waals surface area contributed by atoms with E-state index < -0.39 is 26.9 Å². The van der Waals surface area contributed by atoms with Crippen LogP contribution in [-0.2, 0) is 9.84 Å². The number of nitrogens with one attached hydrogen (secondary N) is 2. The van der Waals surface area contributed by atoms with Gasteiger partial charge in [0.25, 0.3) is 5.91 Å². The number of benzene rings is 2.